The van der Waals surface area contributed by atoms with Crippen molar-refractivity contribution in [2.24, 2.45) is 0 Å². The van der Waals surface area contributed by atoms with E-state index in [1.807, 2.05) is 97.1 Å². The standard InChI is InChI=1S/C49H44N4/c50-45(37-21-9-2-10-22-37)35-44(36-19-7-1-8-20-36)48(52-42-27-15-5-16-28-42)40-31-33-41(34-32-40)49(53-43-29-17-6-18-30-43)46(38-23-11-3-12-24-38)47(51)39-25-13-4-14-26-39/h1-34,44,46,48-53H,35H2. The zero-order chi connectivity index (χ0) is 36.2. The van der Waals surface area contributed by atoms with Gasteiger partial charge in [0, 0.05) is 28.7 Å². The van der Waals surface area contributed by atoms with Crippen LogP contribution in [0.15, 0.2) is 206 Å². The summed E-state index contributed by atoms with van der Waals surface area (Å²) in [5.74, 6) is -0.303. The lowest BCUT2D eigenvalue weighted by Crippen LogP contribution is -2.27. The number of rotatable bonds is 15. The Hall–Kier alpha value is -6.52. The zero-order valence-electron chi connectivity index (χ0n) is 29.6. The van der Waals surface area contributed by atoms with Gasteiger partial charge in [0.15, 0.2) is 0 Å². The molecule has 4 N–H and O–H groups in total. The van der Waals surface area contributed by atoms with E-state index >= 15 is 0 Å². The zero-order valence-corrected chi connectivity index (χ0v) is 29.6. The Morgan fingerprint density at radius 2 is 0.755 bits per heavy atom. The summed E-state index contributed by atoms with van der Waals surface area (Å²) in [4.78, 5) is 0. The fourth-order valence-corrected chi connectivity index (χ4v) is 7.20. The highest BCUT2D eigenvalue weighted by molar-refractivity contribution is 6.04. The molecule has 4 nitrogen and oxygen atoms in total. The summed E-state index contributed by atoms with van der Waals surface area (Å²) in [7, 11) is 0. The van der Waals surface area contributed by atoms with Gasteiger partial charge in [0.1, 0.15) is 0 Å². The molecule has 7 aromatic carbocycles. The predicted octanol–water partition coefficient (Wildman–Crippen LogP) is 12.1. The van der Waals surface area contributed by atoms with Crippen LogP contribution in [0, 0.1) is 10.8 Å². The fraction of sp³-hybridized carbons (Fsp3) is 0.102. The second kappa shape index (κ2) is 17.1. The third kappa shape index (κ3) is 8.69. The van der Waals surface area contributed by atoms with Gasteiger partial charge in [0.2, 0.25) is 0 Å². The third-order valence-electron chi connectivity index (χ3n) is 9.91. The molecular formula is C49H44N4. The topological polar surface area (TPSA) is 71.8 Å². The van der Waals surface area contributed by atoms with Crippen molar-refractivity contribution in [3.05, 3.63) is 240 Å². The van der Waals surface area contributed by atoms with E-state index in [0.717, 1.165) is 39.2 Å². The highest BCUT2D eigenvalue weighted by Gasteiger charge is 2.31. The maximum Gasteiger partial charge on any atom is 0.0638 e. The molecule has 0 aliphatic heterocycles. The first-order valence-corrected chi connectivity index (χ1v) is 18.2. The summed E-state index contributed by atoms with van der Waals surface area (Å²) in [6.07, 6.45) is 0.558. The average molecular weight is 689 g/mol. The summed E-state index contributed by atoms with van der Waals surface area (Å²) in [5, 5.41) is 26.6. The molecule has 0 fully saturated rings. The Balaban J connectivity index is 1.31. The normalized spacial score (nSPS) is 13.2. The van der Waals surface area contributed by atoms with E-state index in [-0.39, 0.29) is 23.9 Å². The maximum absolute atomic E-state index is 9.62. The molecule has 0 saturated heterocycles. The summed E-state index contributed by atoms with van der Waals surface area (Å²) in [6, 6.07) is 70.2. The van der Waals surface area contributed by atoms with Crippen molar-refractivity contribution in [2.45, 2.75) is 30.3 Å². The first-order valence-electron chi connectivity index (χ1n) is 18.2. The van der Waals surface area contributed by atoms with E-state index in [0.29, 0.717) is 17.8 Å². The van der Waals surface area contributed by atoms with Gasteiger partial charge in [-0.1, -0.05) is 182 Å². The van der Waals surface area contributed by atoms with Gasteiger partial charge in [-0.2, -0.15) is 0 Å². The van der Waals surface area contributed by atoms with Crippen molar-refractivity contribution >= 4 is 22.8 Å². The van der Waals surface area contributed by atoms with Crippen molar-refractivity contribution in [3.8, 4) is 0 Å². The molecule has 4 unspecified atom stereocenters. The lowest BCUT2D eigenvalue weighted by molar-refractivity contribution is 0.604. The van der Waals surface area contributed by atoms with Crippen LogP contribution in [0.2, 0.25) is 0 Å². The van der Waals surface area contributed by atoms with Crippen LogP contribution in [0.4, 0.5) is 11.4 Å². The highest BCUT2D eigenvalue weighted by Crippen LogP contribution is 2.40. The molecule has 7 aromatic rings. The SMILES string of the molecule is N=C(CC(c1ccccc1)C(Nc1ccccc1)c1ccc(C(Nc2ccccc2)C(C(=N)c2ccccc2)c2ccccc2)cc1)c1ccccc1. The Morgan fingerprint density at radius 3 is 1.25 bits per heavy atom. The van der Waals surface area contributed by atoms with E-state index in [1.165, 1.54) is 5.56 Å². The molecule has 0 aliphatic rings. The summed E-state index contributed by atoms with van der Waals surface area (Å²) < 4.78 is 0. The van der Waals surface area contributed by atoms with Gasteiger partial charge in [0.05, 0.1) is 18.0 Å². The molecule has 0 amide bonds. The molecular weight excluding hydrogens is 645 g/mol. The van der Waals surface area contributed by atoms with Crippen molar-refractivity contribution in [1.82, 2.24) is 0 Å². The van der Waals surface area contributed by atoms with Crippen LogP contribution in [-0.4, -0.2) is 11.4 Å². The molecule has 4 atom stereocenters. The summed E-state index contributed by atoms with van der Waals surface area (Å²) >= 11 is 0. The number of anilines is 2. The molecule has 4 heteroatoms. The minimum absolute atomic E-state index is 0.0310. The molecule has 0 heterocycles. The van der Waals surface area contributed by atoms with Crippen LogP contribution in [0.25, 0.3) is 0 Å². The predicted molar refractivity (Wildman–Crippen MR) is 222 cm³/mol. The molecule has 0 spiro atoms. The van der Waals surface area contributed by atoms with Gasteiger partial charge in [-0.25, -0.2) is 0 Å². The minimum atomic E-state index is -0.272. The van der Waals surface area contributed by atoms with Gasteiger partial charge in [0.25, 0.3) is 0 Å². The van der Waals surface area contributed by atoms with Gasteiger partial charge >= 0.3 is 0 Å². The van der Waals surface area contributed by atoms with E-state index in [2.05, 4.69) is 120 Å². The Morgan fingerprint density at radius 1 is 0.377 bits per heavy atom. The van der Waals surface area contributed by atoms with Gasteiger partial charge in [-0.05, 0) is 64.1 Å². The second-order valence-electron chi connectivity index (χ2n) is 13.4. The number of hydrogen-bond donors (Lipinski definition) is 4. The van der Waals surface area contributed by atoms with E-state index < -0.39 is 0 Å². The van der Waals surface area contributed by atoms with Gasteiger partial charge in [-0.3, -0.25) is 0 Å². The molecule has 0 aromatic heterocycles. The molecule has 260 valence electrons. The molecule has 0 aliphatic carbocycles. The van der Waals surface area contributed by atoms with Gasteiger partial charge in [-0.15, -0.1) is 0 Å². The minimum Gasteiger partial charge on any atom is -0.378 e. The van der Waals surface area contributed by atoms with E-state index in [4.69, 9.17) is 0 Å². The van der Waals surface area contributed by atoms with Crippen LogP contribution in [-0.2, 0) is 0 Å². The molecule has 53 heavy (non-hydrogen) atoms. The number of benzene rings is 7. The Kier molecular flexibility index (Phi) is 11.3. The smallest absolute Gasteiger partial charge is 0.0638 e. The second-order valence-corrected chi connectivity index (χ2v) is 13.4. The Bertz CT molecular complexity index is 2170. The molecule has 0 radical (unpaired) electrons. The lowest BCUT2D eigenvalue weighted by atomic mass is 9.79. The number of nitrogens with one attached hydrogen (secondary N) is 4. The van der Waals surface area contributed by atoms with Crippen LogP contribution in [0.3, 0.4) is 0 Å². The van der Waals surface area contributed by atoms with Crippen LogP contribution >= 0.6 is 0 Å². The molecule has 0 saturated carbocycles. The van der Waals surface area contributed by atoms with Crippen molar-refractivity contribution < 1.29 is 0 Å². The van der Waals surface area contributed by atoms with E-state index in [9.17, 15) is 10.8 Å². The highest BCUT2D eigenvalue weighted by atomic mass is 14.9. The third-order valence-corrected chi connectivity index (χ3v) is 9.91. The van der Waals surface area contributed by atoms with Crippen LogP contribution in [0.5, 0.6) is 0 Å². The van der Waals surface area contributed by atoms with E-state index in [1.54, 1.807) is 0 Å². The first kappa shape index (κ1) is 34.9. The monoisotopic (exact) mass is 688 g/mol. The van der Waals surface area contributed by atoms with Crippen molar-refractivity contribution in [1.29, 1.82) is 10.8 Å². The number of hydrogen-bond acceptors (Lipinski definition) is 4. The Labute approximate surface area is 313 Å². The summed E-state index contributed by atoms with van der Waals surface area (Å²) in [5.41, 5.74) is 9.48. The van der Waals surface area contributed by atoms with Crippen LogP contribution in [0.1, 0.15) is 63.7 Å². The lowest BCUT2D eigenvalue weighted by Gasteiger charge is -2.32. The quantitative estimate of drug-likeness (QED) is 0.0810. The largest absolute Gasteiger partial charge is 0.378 e. The maximum atomic E-state index is 9.62. The van der Waals surface area contributed by atoms with Crippen molar-refractivity contribution in [2.75, 3.05) is 10.6 Å². The molecule has 0 bridgehead atoms. The summed E-state index contributed by atoms with van der Waals surface area (Å²) in [6.45, 7) is 0. The number of para-hydroxylation sites is 2. The van der Waals surface area contributed by atoms with Gasteiger partial charge < -0.3 is 21.5 Å². The molecule has 7 rings (SSSR count). The fourth-order valence-electron chi connectivity index (χ4n) is 7.20. The average Bonchev–Trinajstić information content (AvgIpc) is 3.24. The van der Waals surface area contributed by atoms with Crippen molar-refractivity contribution in [3.63, 3.8) is 0 Å². The van der Waals surface area contributed by atoms with Crippen LogP contribution < -0.4 is 10.6 Å². The first-order chi connectivity index (χ1) is 26.1.